The number of aromatic nitrogens is 2. The van der Waals surface area contributed by atoms with Crippen molar-refractivity contribution in [2.45, 2.75) is 79.3 Å². The number of halogens is 2. The van der Waals surface area contributed by atoms with Crippen molar-refractivity contribution in [3.8, 4) is 23.7 Å². The Balaban J connectivity index is 0.00000420. The highest BCUT2D eigenvalue weighted by Gasteiger charge is 2.03. The second-order valence-corrected chi connectivity index (χ2v) is 7.62. The Bertz CT molecular complexity index is 823. The normalized spacial score (nSPS) is 9.33. The minimum atomic E-state index is 0. The summed E-state index contributed by atoms with van der Waals surface area (Å²) in [5, 5.41) is 0. The van der Waals surface area contributed by atoms with Gasteiger partial charge in [0.25, 0.3) is 0 Å². The van der Waals surface area contributed by atoms with Crippen molar-refractivity contribution in [3.05, 3.63) is 59.2 Å². The molecule has 0 N–H and O–H groups in total. The standard InChI is InChI=1S/C26H34N2.2BrH/c1-23-15-19-27(21-25(23)3)17-13-11-9-7-5-6-8-10-12-14-18-28-20-16-24(2)26(4)22-28;;/h15-16,19-22H,9-14,17-18H2,1-4H3;2*1H/q+2;;/p-2. The molecule has 2 aromatic heterocycles. The fraction of sp³-hybridized carbons (Fsp3) is 0.462. The first-order valence-corrected chi connectivity index (χ1v) is 10.4. The van der Waals surface area contributed by atoms with Crippen LogP contribution in [0.2, 0.25) is 0 Å². The monoisotopic (exact) mass is 532 g/mol. The van der Waals surface area contributed by atoms with E-state index in [0.717, 1.165) is 51.6 Å². The summed E-state index contributed by atoms with van der Waals surface area (Å²) in [6, 6.07) is 4.37. The van der Waals surface area contributed by atoms with Crippen molar-refractivity contribution < 1.29 is 43.1 Å². The quantitative estimate of drug-likeness (QED) is 0.223. The van der Waals surface area contributed by atoms with Gasteiger partial charge >= 0.3 is 0 Å². The van der Waals surface area contributed by atoms with E-state index in [0.29, 0.717) is 0 Å². The summed E-state index contributed by atoms with van der Waals surface area (Å²) in [5.41, 5.74) is 5.41. The topological polar surface area (TPSA) is 7.76 Å². The number of pyridine rings is 2. The van der Waals surface area contributed by atoms with Crippen molar-refractivity contribution in [1.29, 1.82) is 0 Å². The lowest BCUT2D eigenvalue weighted by atomic mass is 10.2. The van der Waals surface area contributed by atoms with Gasteiger partial charge in [-0.3, -0.25) is 0 Å². The molecule has 162 valence electrons. The maximum Gasteiger partial charge on any atom is 0.171 e. The van der Waals surface area contributed by atoms with Gasteiger partial charge in [0.05, 0.1) is 0 Å². The van der Waals surface area contributed by atoms with Gasteiger partial charge in [-0.15, -0.1) is 0 Å². The zero-order valence-electron chi connectivity index (χ0n) is 18.8. The molecule has 4 heteroatoms. The molecular formula is C26H34Br2N2. The molecule has 2 nitrogen and oxygen atoms in total. The molecule has 0 aliphatic carbocycles. The van der Waals surface area contributed by atoms with Crippen molar-refractivity contribution >= 4 is 0 Å². The van der Waals surface area contributed by atoms with Crippen LogP contribution in [-0.4, -0.2) is 0 Å². The molecule has 2 aromatic rings. The molecule has 0 bridgehead atoms. The lowest BCUT2D eigenvalue weighted by Crippen LogP contribution is -3.00. The molecule has 0 radical (unpaired) electrons. The Kier molecular flexibility index (Phi) is 15.2. The highest BCUT2D eigenvalue weighted by Crippen LogP contribution is 2.02. The predicted octanol–water partition coefficient (Wildman–Crippen LogP) is -1.45. The van der Waals surface area contributed by atoms with Crippen LogP contribution < -0.4 is 43.1 Å². The molecule has 2 heterocycles. The molecule has 2 rings (SSSR count). The molecule has 0 amide bonds. The van der Waals surface area contributed by atoms with Crippen LogP contribution in [0.1, 0.15) is 60.8 Å². The third-order valence-corrected chi connectivity index (χ3v) is 5.17. The van der Waals surface area contributed by atoms with Gasteiger partial charge in [-0.25, -0.2) is 9.13 Å². The zero-order chi connectivity index (χ0) is 20.2. The minimum absolute atomic E-state index is 0. The fourth-order valence-electron chi connectivity index (χ4n) is 2.97. The molecule has 0 atom stereocenters. The van der Waals surface area contributed by atoms with Crippen molar-refractivity contribution in [3.63, 3.8) is 0 Å². The first kappa shape index (κ1) is 28.4. The summed E-state index contributed by atoms with van der Waals surface area (Å²) < 4.78 is 4.54. The maximum absolute atomic E-state index is 3.18. The molecule has 0 saturated heterocycles. The van der Waals surface area contributed by atoms with Crippen LogP contribution >= 0.6 is 0 Å². The van der Waals surface area contributed by atoms with Crippen LogP contribution in [0.5, 0.6) is 0 Å². The average molecular weight is 534 g/mol. The molecule has 30 heavy (non-hydrogen) atoms. The van der Waals surface area contributed by atoms with E-state index in [2.05, 4.69) is 97.4 Å². The molecular weight excluding hydrogens is 500 g/mol. The molecule has 0 spiro atoms. The molecule has 0 unspecified atom stereocenters. The molecule has 0 aromatic carbocycles. The van der Waals surface area contributed by atoms with Crippen molar-refractivity contribution in [1.82, 2.24) is 0 Å². The van der Waals surface area contributed by atoms with Crippen molar-refractivity contribution in [2.24, 2.45) is 0 Å². The Morgan fingerprint density at radius 2 is 1.00 bits per heavy atom. The Labute approximate surface area is 204 Å². The van der Waals surface area contributed by atoms with Crippen LogP contribution in [0.15, 0.2) is 36.9 Å². The van der Waals surface area contributed by atoms with E-state index < -0.39 is 0 Å². The van der Waals surface area contributed by atoms with E-state index in [1.54, 1.807) is 0 Å². The van der Waals surface area contributed by atoms with E-state index in [1.807, 2.05) is 0 Å². The van der Waals surface area contributed by atoms with Crippen LogP contribution in [0.25, 0.3) is 0 Å². The van der Waals surface area contributed by atoms with E-state index in [9.17, 15) is 0 Å². The van der Waals surface area contributed by atoms with Crippen LogP contribution in [0.3, 0.4) is 0 Å². The second kappa shape index (κ2) is 16.1. The number of hydrogen-bond donors (Lipinski definition) is 0. The number of hydrogen-bond acceptors (Lipinski definition) is 0. The Hall–Kier alpha value is -1.62. The van der Waals surface area contributed by atoms with Gasteiger partial charge in [-0.1, -0.05) is 11.8 Å². The van der Waals surface area contributed by atoms with Gasteiger partial charge in [0.2, 0.25) is 0 Å². The second-order valence-electron chi connectivity index (χ2n) is 7.62. The summed E-state index contributed by atoms with van der Waals surface area (Å²) in [7, 11) is 0. The molecule has 0 aliphatic heterocycles. The van der Waals surface area contributed by atoms with Gasteiger partial charge < -0.3 is 34.0 Å². The number of rotatable bonds is 8. The summed E-state index contributed by atoms with van der Waals surface area (Å²) in [6.45, 7) is 10.8. The van der Waals surface area contributed by atoms with Crippen LogP contribution in [-0.2, 0) is 13.1 Å². The van der Waals surface area contributed by atoms with Gasteiger partial charge in [0.15, 0.2) is 24.8 Å². The summed E-state index contributed by atoms with van der Waals surface area (Å²) in [6.07, 6.45) is 15.2. The average Bonchev–Trinajstić information content (AvgIpc) is 2.68. The third kappa shape index (κ3) is 11.0. The van der Waals surface area contributed by atoms with Gasteiger partial charge in [0.1, 0.15) is 13.1 Å². The summed E-state index contributed by atoms with van der Waals surface area (Å²) >= 11 is 0. The van der Waals surface area contributed by atoms with Crippen LogP contribution in [0, 0.1) is 51.4 Å². The van der Waals surface area contributed by atoms with E-state index >= 15 is 0 Å². The Morgan fingerprint density at radius 1 is 0.600 bits per heavy atom. The summed E-state index contributed by atoms with van der Waals surface area (Å²) in [5.74, 6) is 12.4. The van der Waals surface area contributed by atoms with E-state index in [-0.39, 0.29) is 34.0 Å². The Morgan fingerprint density at radius 3 is 1.37 bits per heavy atom. The molecule has 0 saturated carbocycles. The smallest absolute Gasteiger partial charge is 0.171 e. The fourth-order valence-corrected chi connectivity index (χ4v) is 2.97. The minimum Gasteiger partial charge on any atom is -1.00 e. The largest absolute Gasteiger partial charge is 1.00 e. The first-order chi connectivity index (χ1) is 13.6. The highest BCUT2D eigenvalue weighted by molar-refractivity contribution is 5.25. The van der Waals surface area contributed by atoms with Crippen LogP contribution in [0.4, 0.5) is 0 Å². The number of unbranched alkanes of at least 4 members (excludes halogenated alkanes) is 4. The maximum atomic E-state index is 3.18. The van der Waals surface area contributed by atoms with Gasteiger partial charge in [0, 0.05) is 48.9 Å². The van der Waals surface area contributed by atoms with Gasteiger partial charge in [-0.2, -0.15) is 0 Å². The predicted molar refractivity (Wildman–Crippen MR) is 115 cm³/mol. The number of nitrogens with zero attached hydrogens (tertiary/aromatic N) is 2. The highest BCUT2D eigenvalue weighted by atomic mass is 79.9. The van der Waals surface area contributed by atoms with E-state index in [1.165, 1.54) is 22.3 Å². The first-order valence-electron chi connectivity index (χ1n) is 10.4. The third-order valence-electron chi connectivity index (χ3n) is 5.17. The zero-order valence-corrected chi connectivity index (χ0v) is 21.9. The summed E-state index contributed by atoms with van der Waals surface area (Å²) in [4.78, 5) is 0. The van der Waals surface area contributed by atoms with Gasteiger partial charge in [-0.05, 0) is 63.5 Å². The van der Waals surface area contributed by atoms with Crippen molar-refractivity contribution in [2.75, 3.05) is 0 Å². The lowest BCUT2D eigenvalue weighted by Gasteiger charge is -1.99. The van der Waals surface area contributed by atoms with E-state index in [4.69, 9.17) is 0 Å². The molecule has 0 fully saturated rings. The SMILES string of the molecule is Cc1cc[n+](CCCCC#CC#CCCCC[n+]2ccc(C)c(C)c2)cc1C.[Br-].[Br-]. The molecule has 0 aliphatic rings. The number of aryl methyl sites for hydroxylation is 6. The lowest BCUT2D eigenvalue weighted by molar-refractivity contribution is -0.697.